The van der Waals surface area contributed by atoms with E-state index in [4.69, 9.17) is 4.74 Å². The molecule has 0 saturated carbocycles. The van der Waals surface area contributed by atoms with Crippen molar-refractivity contribution in [1.29, 1.82) is 0 Å². The van der Waals surface area contributed by atoms with Crippen molar-refractivity contribution in [3.8, 4) is 0 Å². The van der Waals surface area contributed by atoms with E-state index in [2.05, 4.69) is 6.58 Å². The first-order chi connectivity index (χ1) is 9.47. The highest BCUT2D eigenvalue weighted by Crippen LogP contribution is 2.20. The van der Waals surface area contributed by atoms with Crippen LogP contribution in [0.1, 0.15) is 20.3 Å². The molecule has 0 fully saturated rings. The highest BCUT2D eigenvalue weighted by atomic mass is 16.5. The molecule has 0 heterocycles. The molecule has 0 aliphatic carbocycles. The number of para-hydroxylation sites is 1. The summed E-state index contributed by atoms with van der Waals surface area (Å²) in [7, 11) is 1.72. The zero-order valence-corrected chi connectivity index (χ0v) is 12.2. The topological polar surface area (TPSA) is 46.6 Å². The fourth-order valence-electron chi connectivity index (χ4n) is 2.04. The van der Waals surface area contributed by atoms with E-state index in [0.29, 0.717) is 6.42 Å². The van der Waals surface area contributed by atoms with Crippen LogP contribution in [0.3, 0.4) is 0 Å². The van der Waals surface area contributed by atoms with E-state index in [1.807, 2.05) is 30.3 Å². The van der Waals surface area contributed by atoms with Crippen molar-refractivity contribution in [2.75, 3.05) is 11.9 Å². The number of hydrogen-bond acceptors (Lipinski definition) is 3. The highest BCUT2D eigenvalue weighted by Gasteiger charge is 2.29. The Kier molecular flexibility index (Phi) is 5.97. The van der Waals surface area contributed by atoms with E-state index in [-0.39, 0.29) is 11.9 Å². The third kappa shape index (κ3) is 4.23. The third-order valence-electron chi connectivity index (χ3n) is 3.13. The highest BCUT2D eigenvalue weighted by molar-refractivity contribution is 5.95. The van der Waals surface area contributed by atoms with Crippen molar-refractivity contribution in [3.05, 3.63) is 43.0 Å². The van der Waals surface area contributed by atoms with Gasteiger partial charge in [-0.2, -0.15) is 0 Å². The molecule has 0 N–H and O–H groups in total. The predicted molar refractivity (Wildman–Crippen MR) is 79.4 cm³/mol. The van der Waals surface area contributed by atoms with Crippen LogP contribution >= 0.6 is 0 Å². The van der Waals surface area contributed by atoms with E-state index >= 15 is 0 Å². The quantitative estimate of drug-likeness (QED) is 0.592. The average molecular weight is 275 g/mol. The van der Waals surface area contributed by atoms with Crippen LogP contribution in [0.15, 0.2) is 43.0 Å². The van der Waals surface area contributed by atoms with Crippen LogP contribution in [-0.2, 0) is 14.3 Å². The molecule has 1 rings (SSSR count). The fourth-order valence-corrected chi connectivity index (χ4v) is 2.04. The molecule has 0 aromatic heterocycles. The lowest BCUT2D eigenvalue weighted by Crippen LogP contribution is -2.39. The molecule has 1 aromatic rings. The van der Waals surface area contributed by atoms with Gasteiger partial charge in [0.15, 0.2) is 0 Å². The summed E-state index contributed by atoms with van der Waals surface area (Å²) in [6.45, 7) is 6.73. The molecule has 0 radical (unpaired) electrons. The summed E-state index contributed by atoms with van der Waals surface area (Å²) in [5, 5.41) is 0. The van der Waals surface area contributed by atoms with Gasteiger partial charge in [0.2, 0.25) is 5.91 Å². The van der Waals surface area contributed by atoms with Crippen LogP contribution in [0.4, 0.5) is 5.69 Å². The van der Waals surface area contributed by atoms with Gasteiger partial charge in [-0.25, -0.2) is 0 Å². The normalized spacial score (nSPS) is 13.2. The standard InChI is InChI=1S/C16H21NO3/c1-5-9-15(12(2)20-13(3)18)16(19)17(4)14-10-7-6-8-11-14/h5-8,10-12,15H,1,9H2,2-4H3/t12?,15-/m0/s1. The fraction of sp³-hybridized carbons (Fsp3) is 0.375. The molecule has 1 aromatic carbocycles. The molecule has 4 heteroatoms. The summed E-state index contributed by atoms with van der Waals surface area (Å²) in [5.41, 5.74) is 0.807. The minimum atomic E-state index is -0.482. The maximum Gasteiger partial charge on any atom is 0.302 e. The van der Waals surface area contributed by atoms with Crippen molar-refractivity contribution in [2.45, 2.75) is 26.4 Å². The molecule has 0 aliphatic rings. The molecule has 0 saturated heterocycles. The zero-order chi connectivity index (χ0) is 15.1. The van der Waals surface area contributed by atoms with Crippen molar-refractivity contribution in [3.63, 3.8) is 0 Å². The van der Waals surface area contributed by atoms with Gasteiger partial charge >= 0.3 is 5.97 Å². The Morgan fingerprint density at radius 2 is 1.95 bits per heavy atom. The molecule has 0 bridgehead atoms. The van der Waals surface area contributed by atoms with Crippen LogP contribution in [0, 0.1) is 5.92 Å². The van der Waals surface area contributed by atoms with E-state index < -0.39 is 12.0 Å². The smallest absolute Gasteiger partial charge is 0.302 e. The monoisotopic (exact) mass is 275 g/mol. The Balaban J connectivity index is 2.88. The van der Waals surface area contributed by atoms with E-state index in [9.17, 15) is 9.59 Å². The minimum Gasteiger partial charge on any atom is -0.462 e. The lowest BCUT2D eigenvalue weighted by Gasteiger charge is -2.27. The lowest BCUT2D eigenvalue weighted by atomic mass is 9.97. The number of ether oxygens (including phenoxy) is 1. The lowest BCUT2D eigenvalue weighted by molar-refractivity contribution is -0.149. The second-order valence-corrected chi connectivity index (χ2v) is 4.68. The van der Waals surface area contributed by atoms with Gasteiger partial charge in [-0.15, -0.1) is 6.58 Å². The molecule has 2 atom stereocenters. The average Bonchev–Trinajstić information content (AvgIpc) is 2.43. The second kappa shape index (κ2) is 7.48. The number of nitrogens with zero attached hydrogens (tertiary/aromatic N) is 1. The summed E-state index contributed by atoms with van der Waals surface area (Å²) >= 11 is 0. The van der Waals surface area contributed by atoms with Crippen molar-refractivity contribution < 1.29 is 14.3 Å². The number of benzene rings is 1. The van der Waals surface area contributed by atoms with E-state index in [1.165, 1.54) is 6.92 Å². The molecule has 0 spiro atoms. The van der Waals surface area contributed by atoms with Gasteiger partial charge in [-0.1, -0.05) is 24.3 Å². The van der Waals surface area contributed by atoms with Crippen LogP contribution < -0.4 is 4.90 Å². The van der Waals surface area contributed by atoms with Gasteiger partial charge < -0.3 is 9.64 Å². The Bertz CT molecular complexity index is 470. The summed E-state index contributed by atoms with van der Waals surface area (Å²) in [5.74, 6) is -0.909. The van der Waals surface area contributed by atoms with Crippen LogP contribution in [0.5, 0.6) is 0 Å². The van der Waals surface area contributed by atoms with Gasteiger partial charge in [0, 0.05) is 19.7 Å². The van der Waals surface area contributed by atoms with Crippen molar-refractivity contribution >= 4 is 17.6 Å². The minimum absolute atomic E-state index is 0.0927. The first kappa shape index (κ1) is 16.0. The first-order valence-electron chi connectivity index (χ1n) is 6.58. The van der Waals surface area contributed by atoms with Gasteiger partial charge in [-0.3, -0.25) is 9.59 Å². The number of carbonyl (C=O) groups is 2. The molecule has 1 unspecified atom stereocenters. The molecular formula is C16H21NO3. The van der Waals surface area contributed by atoms with Gasteiger partial charge in [-0.05, 0) is 25.5 Å². The van der Waals surface area contributed by atoms with Gasteiger partial charge in [0.25, 0.3) is 0 Å². The number of allylic oxidation sites excluding steroid dienone is 1. The van der Waals surface area contributed by atoms with Crippen LogP contribution in [0.2, 0.25) is 0 Å². The number of esters is 1. The number of hydrogen-bond donors (Lipinski definition) is 0. The molecule has 4 nitrogen and oxygen atoms in total. The zero-order valence-electron chi connectivity index (χ0n) is 12.2. The molecular weight excluding hydrogens is 254 g/mol. The molecule has 0 aliphatic heterocycles. The SMILES string of the molecule is C=CC[C@H](C(=O)N(C)c1ccccc1)C(C)OC(C)=O. The summed E-state index contributed by atoms with van der Waals surface area (Å²) < 4.78 is 5.14. The predicted octanol–water partition coefficient (Wildman–Crippen LogP) is 2.79. The summed E-state index contributed by atoms with van der Waals surface area (Å²) in [6, 6.07) is 9.36. The number of rotatable bonds is 6. The number of carbonyl (C=O) groups excluding carboxylic acids is 2. The van der Waals surface area contributed by atoms with Crippen molar-refractivity contribution in [2.24, 2.45) is 5.92 Å². The largest absolute Gasteiger partial charge is 0.462 e. The summed E-state index contributed by atoms with van der Waals surface area (Å²) in [6.07, 6.45) is 1.65. The first-order valence-corrected chi connectivity index (χ1v) is 6.58. The summed E-state index contributed by atoms with van der Waals surface area (Å²) in [4.78, 5) is 25.2. The van der Waals surface area contributed by atoms with Crippen LogP contribution in [0.25, 0.3) is 0 Å². The van der Waals surface area contributed by atoms with E-state index in [0.717, 1.165) is 5.69 Å². The second-order valence-electron chi connectivity index (χ2n) is 4.68. The van der Waals surface area contributed by atoms with E-state index in [1.54, 1.807) is 24.9 Å². The van der Waals surface area contributed by atoms with Gasteiger partial charge in [0.1, 0.15) is 6.10 Å². The Morgan fingerprint density at radius 1 is 1.35 bits per heavy atom. The maximum atomic E-state index is 12.5. The maximum absolute atomic E-state index is 12.5. The Hall–Kier alpha value is -2.10. The molecule has 108 valence electrons. The Labute approximate surface area is 120 Å². The molecule has 20 heavy (non-hydrogen) atoms. The number of amides is 1. The van der Waals surface area contributed by atoms with Gasteiger partial charge in [0.05, 0.1) is 5.92 Å². The van der Waals surface area contributed by atoms with Crippen LogP contribution in [-0.4, -0.2) is 25.0 Å². The Morgan fingerprint density at radius 3 is 2.45 bits per heavy atom. The number of anilines is 1. The third-order valence-corrected chi connectivity index (χ3v) is 3.13. The van der Waals surface area contributed by atoms with Crippen molar-refractivity contribution in [1.82, 2.24) is 0 Å². The molecule has 1 amide bonds.